The first-order valence-corrected chi connectivity index (χ1v) is 7.93. The van der Waals surface area contributed by atoms with Crippen molar-refractivity contribution < 1.29 is 26.7 Å². The van der Waals surface area contributed by atoms with Crippen LogP contribution >= 0.6 is 0 Å². The summed E-state index contributed by atoms with van der Waals surface area (Å²) in [7, 11) is -2.31. The summed E-state index contributed by atoms with van der Waals surface area (Å²) in [6, 6.07) is 0. The Kier molecular flexibility index (Phi) is 5.40. The summed E-state index contributed by atoms with van der Waals surface area (Å²) in [4.78, 5) is 3.52. The molecule has 0 bridgehead atoms. The second kappa shape index (κ2) is 6.32. The minimum absolute atomic E-state index is 0.181. The molecule has 1 heterocycles. The molecule has 122 valence electrons. The largest absolute Gasteiger partial charge is 0.424 e. The third-order valence-corrected chi connectivity index (χ3v) is 4.53. The standard InChI is InChI=1S/C11H18F3N3O3S/c1-3-8-21(19,20)16-5-4-10(18,11(12,13)14)9-15-6-7-17(9)2/h6-7,16,18H,3-5,8H2,1-2H3/t10-/m0/s1. The predicted octanol–water partition coefficient (Wildman–Crippen LogP) is 0.889. The van der Waals surface area contributed by atoms with E-state index in [2.05, 4.69) is 4.98 Å². The summed E-state index contributed by atoms with van der Waals surface area (Å²) in [6.45, 7) is 1.10. The number of aliphatic hydroxyl groups is 1. The minimum Gasteiger partial charge on any atom is -0.374 e. The second-order valence-corrected chi connectivity index (χ2v) is 6.61. The fourth-order valence-electron chi connectivity index (χ4n) is 1.87. The van der Waals surface area contributed by atoms with Crippen LogP contribution in [0.3, 0.4) is 0 Å². The number of hydrogen-bond donors (Lipinski definition) is 2. The van der Waals surface area contributed by atoms with Crippen LogP contribution in [0.2, 0.25) is 0 Å². The Morgan fingerprint density at radius 3 is 2.48 bits per heavy atom. The average molecular weight is 329 g/mol. The SMILES string of the molecule is CCCS(=O)(=O)NCC[C@](O)(c1nccn1C)C(F)(F)F. The van der Waals surface area contributed by atoms with Crippen molar-refractivity contribution in [1.29, 1.82) is 0 Å². The zero-order chi connectivity index (χ0) is 16.3. The highest BCUT2D eigenvalue weighted by Gasteiger charge is 2.57. The number of imidazole rings is 1. The molecule has 0 aliphatic heterocycles. The molecular weight excluding hydrogens is 311 g/mol. The van der Waals surface area contributed by atoms with Gasteiger partial charge in [-0.1, -0.05) is 6.92 Å². The topological polar surface area (TPSA) is 84.2 Å². The zero-order valence-corrected chi connectivity index (χ0v) is 12.5. The number of nitrogens with zero attached hydrogens (tertiary/aromatic N) is 2. The molecule has 0 saturated carbocycles. The molecule has 6 nitrogen and oxygen atoms in total. The van der Waals surface area contributed by atoms with Gasteiger partial charge in [0.05, 0.1) is 5.75 Å². The lowest BCUT2D eigenvalue weighted by Gasteiger charge is -2.29. The van der Waals surface area contributed by atoms with Crippen LogP contribution in [0.25, 0.3) is 0 Å². The van der Waals surface area contributed by atoms with Crippen molar-refractivity contribution in [3.05, 3.63) is 18.2 Å². The number of aryl methyl sites for hydroxylation is 1. The molecule has 1 aromatic rings. The van der Waals surface area contributed by atoms with Gasteiger partial charge in [-0.15, -0.1) is 0 Å². The van der Waals surface area contributed by atoms with Crippen molar-refractivity contribution >= 4 is 10.0 Å². The molecule has 0 aromatic carbocycles. The molecule has 21 heavy (non-hydrogen) atoms. The Balaban J connectivity index is 2.90. The number of alkyl halides is 3. The maximum atomic E-state index is 13.1. The molecule has 0 saturated heterocycles. The molecule has 0 fully saturated rings. The first-order valence-electron chi connectivity index (χ1n) is 6.28. The number of sulfonamides is 1. The van der Waals surface area contributed by atoms with Gasteiger partial charge in [0.15, 0.2) is 0 Å². The number of rotatable bonds is 7. The lowest BCUT2D eigenvalue weighted by molar-refractivity contribution is -0.272. The fraction of sp³-hybridized carbons (Fsp3) is 0.727. The molecule has 0 aliphatic carbocycles. The molecule has 0 spiro atoms. The van der Waals surface area contributed by atoms with E-state index in [0.717, 1.165) is 10.8 Å². The Morgan fingerprint density at radius 1 is 1.43 bits per heavy atom. The van der Waals surface area contributed by atoms with Crippen molar-refractivity contribution in [2.75, 3.05) is 12.3 Å². The monoisotopic (exact) mass is 329 g/mol. The van der Waals surface area contributed by atoms with Crippen molar-refractivity contribution in [1.82, 2.24) is 14.3 Å². The van der Waals surface area contributed by atoms with Crippen molar-refractivity contribution in [3.8, 4) is 0 Å². The lowest BCUT2D eigenvalue weighted by atomic mass is 9.98. The van der Waals surface area contributed by atoms with Crippen LogP contribution in [-0.2, 0) is 22.7 Å². The van der Waals surface area contributed by atoms with Gasteiger partial charge >= 0.3 is 6.18 Å². The Morgan fingerprint density at radius 2 is 2.05 bits per heavy atom. The number of aromatic nitrogens is 2. The second-order valence-electron chi connectivity index (χ2n) is 4.68. The van der Waals surface area contributed by atoms with Crippen molar-refractivity contribution in [2.24, 2.45) is 7.05 Å². The van der Waals surface area contributed by atoms with E-state index in [1.54, 1.807) is 6.92 Å². The van der Waals surface area contributed by atoms with E-state index in [9.17, 15) is 26.7 Å². The maximum absolute atomic E-state index is 13.1. The molecule has 1 atom stereocenters. The van der Waals surface area contributed by atoms with Crippen LogP contribution in [-0.4, -0.2) is 41.5 Å². The van der Waals surface area contributed by atoms with Gasteiger partial charge in [-0.2, -0.15) is 13.2 Å². The highest BCUT2D eigenvalue weighted by molar-refractivity contribution is 7.89. The summed E-state index contributed by atoms with van der Waals surface area (Å²) in [5, 5.41) is 9.97. The summed E-state index contributed by atoms with van der Waals surface area (Å²) in [6.07, 6.45) is -3.08. The van der Waals surface area contributed by atoms with Crippen LogP contribution in [0.15, 0.2) is 12.4 Å². The van der Waals surface area contributed by atoms with Crippen LogP contribution in [0, 0.1) is 0 Å². The average Bonchev–Trinajstić information content (AvgIpc) is 2.73. The van der Waals surface area contributed by atoms with Crippen LogP contribution in [0.5, 0.6) is 0 Å². The summed E-state index contributed by atoms with van der Waals surface area (Å²) in [5.74, 6) is -0.760. The van der Waals surface area contributed by atoms with Crippen LogP contribution < -0.4 is 4.72 Å². The molecule has 1 rings (SSSR count). The Labute approximate surface area is 121 Å². The maximum Gasteiger partial charge on any atom is 0.424 e. The van der Waals surface area contributed by atoms with Crippen LogP contribution in [0.4, 0.5) is 13.2 Å². The van der Waals surface area contributed by atoms with E-state index < -0.39 is 40.6 Å². The first-order chi connectivity index (χ1) is 9.53. The van der Waals surface area contributed by atoms with Crippen LogP contribution in [0.1, 0.15) is 25.6 Å². The molecule has 0 radical (unpaired) electrons. The number of hydrogen-bond acceptors (Lipinski definition) is 4. The number of nitrogens with one attached hydrogen (secondary N) is 1. The lowest BCUT2D eigenvalue weighted by Crippen LogP contribution is -2.46. The predicted molar refractivity (Wildman–Crippen MR) is 69.9 cm³/mol. The molecular formula is C11H18F3N3O3S. The van der Waals surface area contributed by atoms with Gasteiger partial charge in [-0.3, -0.25) is 0 Å². The summed E-state index contributed by atoms with van der Waals surface area (Å²) < 4.78 is 65.3. The zero-order valence-electron chi connectivity index (χ0n) is 11.7. The van der Waals surface area contributed by atoms with Gasteiger partial charge in [-0.05, 0) is 6.42 Å². The third kappa shape index (κ3) is 4.17. The van der Waals surface area contributed by atoms with Gasteiger partial charge in [0.2, 0.25) is 15.6 Å². The van der Waals surface area contributed by atoms with Gasteiger partial charge in [-0.25, -0.2) is 18.1 Å². The van der Waals surface area contributed by atoms with Gasteiger partial charge in [0.1, 0.15) is 5.82 Å². The quantitative estimate of drug-likeness (QED) is 0.778. The first kappa shape index (κ1) is 17.9. The van der Waals surface area contributed by atoms with E-state index in [1.165, 1.54) is 13.2 Å². The molecule has 2 N–H and O–H groups in total. The van der Waals surface area contributed by atoms with Crippen molar-refractivity contribution in [3.63, 3.8) is 0 Å². The van der Waals surface area contributed by atoms with E-state index in [-0.39, 0.29) is 5.75 Å². The summed E-state index contributed by atoms with van der Waals surface area (Å²) in [5.41, 5.74) is -3.21. The summed E-state index contributed by atoms with van der Waals surface area (Å²) >= 11 is 0. The normalized spacial score (nSPS) is 15.9. The van der Waals surface area contributed by atoms with E-state index in [4.69, 9.17) is 0 Å². The van der Waals surface area contributed by atoms with Gasteiger partial charge in [0.25, 0.3) is 0 Å². The fourth-order valence-corrected chi connectivity index (χ4v) is 2.97. The molecule has 0 amide bonds. The molecule has 1 aromatic heterocycles. The van der Waals surface area contributed by atoms with E-state index in [1.807, 2.05) is 4.72 Å². The molecule has 10 heteroatoms. The highest BCUT2D eigenvalue weighted by Crippen LogP contribution is 2.40. The third-order valence-electron chi connectivity index (χ3n) is 2.94. The Bertz CT molecular complexity index is 571. The van der Waals surface area contributed by atoms with E-state index >= 15 is 0 Å². The van der Waals surface area contributed by atoms with Gasteiger partial charge in [0, 0.05) is 32.4 Å². The van der Waals surface area contributed by atoms with Gasteiger partial charge < -0.3 is 9.67 Å². The smallest absolute Gasteiger partial charge is 0.374 e. The molecule has 0 unspecified atom stereocenters. The molecule has 0 aliphatic rings. The Hall–Kier alpha value is -1.13. The number of halogens is 3. The minimum atomic E-state index is -4.97. The van der Waals surface area contributed by atoms with E-state index in [0.29, 0.717) is 6.42 Å². The van der Waals surface area contributed by atoms with Crippen molar-refractivity contribution in [2.45, 2.75) is 31.5 Å². The highest BCUT2D eigenvalue weighted by atomic mass is 32.2.